The van der Waals surface area contributed by atoms with E-state index in [1.165, 1.54) is 51.4 Å². The Balaban J connectivity index is 1.96. The quantitative estimate of drug-likeness (QED) is 0.774. The SMILES string of the molecule is CNC(C1CCCCC1)C1CC(C)CC(C)C1. The maximum atomic E-state index is 3.68. The van der Waals surface area contributed by atoms with Crippen LogP contribution in [0.25, 0.3) is 0 Å². The summed E-state index contributed by atoms with van der Waals surface area (Å²) in [5.41, 5.74) is 0. The Kier molecular flexibility index (Phi) is 4.90. The summed E-state index contributed by atoms with van der Waals surface area (Å²) in [6.07, 6.45) is 11.8. The molecule has 0 amide bonds. The highest BCUT2D eigenvalue weighted by Crippen LogP contribution is 2.39. The summed E-state index contributed by atoms with van der Waals surface area (Å²) in [4.78, 5) is 0. The van der Waals surface area contributed by atoms with Gasteiger partial charge in [0, 0.05) is 6.04 Å². The molecule has 0 aromatic rings. The van der Waals surface area contributed by atoms with Crippen LogP contribution in [0, 0.1) is 23.7 Å². The van der Waals surface area contributed by atoms with Crippen molar-refractivity contribution in [2.45, 2.75) is 71.3 Å². The van der Waals surface area contributed by atoms with Crippen LogP contribution >= 0.6 is 0 Å². The maximum Gasteiger partial charge on any atom is 0.0121 e. The second-order valence-electron chi connectivity index (χ2n) is 6.89. The minimum atomic E-state index is 0.806. The van der Waals surface area contributed by atoms with Crippen molar-refractivity contribution in [2.75, 3.05) is 7.05 Å². The molecular weight excluding hydrogens is 206 g/mol. The zero-order valence-corrected chi connectivity index (χ0v) is 12.0. The largest absolute Gasteiger partial charge is 0.316 e. The second-order valence-corrected chi connectivity index (χ2v) is 6.89. The van der Waals surface area contributed by atoms with Gasteiger partial charge < -0.3 is 5.32 Å². The van der Waals surface area contributed by atoms with E-state index >= 15 is 0 Å². The normalized spacial score (nSPS) is 37.9. The van der Waals surface area contributed by atoms with Gasteiger partial charge in [0.15, 0.2) is 0 Å². The predicted molar refractivity (Wildman–Crippen MR) is 75.1 cm³/mol. The molecule has 1 nitrogen and oxygen atoms in total. The standard InChI is InChI=1S/C16H31N/c1-12-9-13(2)11-15(10-12)16(17-3)14-7-5-4-6-8-14/h12-17H,4-11H2,1-3H3. The Morgan fingerprint density at radius 1 is 0.824 bits per heavy atom. The second kappa shape index (κ2) is 6.22. The lowest BCUT2D eigenvalue weighted by Crippen LogP contribution is -2.43. The van der Waals surface area contributed by atoms with Crippen molar-refractivity contribution in [1.82, 2.24) is 5.32 Å². The monoisotopic (exact) mass is 237 g/mol. The third kappa shape index (κ3) is 3.47. The van der Waals surface area contributed by atoms with E-state index in [2.05, 4.69) is 26.2 Å². The fourth-order valence-corrected chi connectivity index (χ4v) is 4.65. The smallest absolute Gasteiger partial charge is 0.0121 e. The molecule has 3 unspecified atom stereocenters. The summed E-state index contributed by atoms with van der Waals surface area (Å²) in [5, 5.41) is 3.68. The van der Waals surface area contributed by atoms with E-state index in [1.54, 1.807) is 0 Å². The van der Waals surface area contributed by atoms with Gasteiger partial charge in [-0.3, -0.25) is 0 Å². The van der Waals surface area contributed by atoms with Gasteiger partial charge in [-0.2, -0.15) is 0 Å². The molecule has 2 aliphatic rings. The Morgan fingerprint density at radius 2 is 1.41 bits per heavy atom. The number of hydrogen-bond donors (Lipinski definition) is 1. The van der Waals surface area contributed by atoms with Crippen molar-refractivity contribution < 1.29 is 0 Å². The fraction of sp³-hybridized carbons (Fsp3) is 1.00. The molecule has 0 bridgehead atoms. The first-order valence-electron chi connectivity index (χ1n) is 7.88. The van der Waals surface area contributed by atoms with E-state index in [0.29, 0.717) is 0 Å². The molecule has 0 aliphatic heterocycles. The fourth-order valence-electron chi connectivity index (χ4n) is 4.65. The van der Waals surface area contributed by atoms with Crippen LogP contribution < -0.4 is 5.32 Å². The van der Waals surface area contributed by atoms with Crippen molar-refractivity contribution in [1.29, 1.82) is 0 Å². The first-order chi connectivity index (χ1) is 8.20. The molecule has 2 fully saturated rings. The summed E-state index contributed by atoms with van der Waals surface area (Å²) >= 11 is 0. The van der Waals surface area contributed by atoms with Crippen LogP contribution in [0.2, 0.25) is 0 Å². The highest BCUT2D eigenvalue weighted by molar-refractivity contribution is 4.88. The zero-order chi connectivity index (χ0) is 12.3. The average Bonchev–Trinajstić information content (AvgIpc) is 2.30. The molecule has 0 spiro atoms. The van der Waals surface area contributed by atoms with Gasteiger partial charge in [-0.25, -0.2) is 0 Å². The topological polar surface area (TPSA) is 12.0 Å². The minimum absolute atomic E-state index is 0.806. The summed E-state index contributed by atoms with van der Waals surface area (Å²) in [7, 11) is 2.20. The molecule has 0 heterocycles. The van der Waals surface area contributed by atoms with Crippen molar-refractivity contribution in [3.63, 3.8) is 0 Å². The first-order valence-corrected chi connectivity index (χ1v) is 7.88. The van der Waals surface area contributed by atoms with Gasteiger partial charge in [-0.05, 0) is 62.8 Å². The van der Waals surface area contributed by atoms with Gasteiger partial charge in [0.05, 0.1) is 0 Å². The van der Waals surface area contributed by atoms with Crippen LogP contribution in [0.5, 0.6) is 0 Å². The third-order valence-corrected chi connectivity index (χ3v) is 5.21. The Labute approximate surface area is 108 Å². The number of hydrogen-bond acceptors (Lipinski definition) is 1. The highest BCUT2D eigenvalue weighted by atomic mass is 14.9. The van der Waals surface area contributed by atoms with E-state index in [4.69, 9.17) is 0 Å². The molecule has 17 heavy (non-hydrogen) atoms. The molecule has 2 saturated carbocycles. The Morgan fingerprint density at radius 3 is 1.94 bits per heavy atom. The zero-order valence-electron chi connectivity index (χ0n) is 12.0. The lowest BCUT2D eigenvalue weighted by molar-refractivity contribution is 0.130. The molecule has 100 valence electrons. The molecule has 0 saturated heterocycles. The predicted octanol–water partition coefficient (Wildman–Crippen LogP) is 4.23. The van der Waals surface area contributed by atoms with Crippen molar-refractivity contribution in [2.24, 2.45) is 23.7 Å². The summed E-state index contributed by atoms with van der Waals surface area (Å²) in [6, 6.07) is 0.806. The molecule has 1 N–H and O–H groups in total. The highest BCUT2D eigenvalue weighted by Gasteiger charge is 2.33. The van der Waals surface area contributed by atoms with Crippen LogP contribution in [0.4, 0.5) is 0 Å². The summed E-state index contributed by atoms with van der Waals surface area (Å²) in [5.74, 6) is 3.81. The molecule has 3 atom stereocenters. The Hall–Kier alpha value is -0.0400. The molecule has 0 aromatic carbocycles. The van der Waals surface area contributed by atoms with Crippen molar-refractivity contribution >= 4 is 0 Å². The average molecular weight is 237 g/mol. The molecule has 1 heteroatoms. The number of nitrogens with one attached hydrogen (secondary N) is 1. The lowest BCUT2D eigenvalue weighted by atomic mass is 9.69. The summed E-state index contributed by atoms with van der Waals surface area (Å²) < 4.78 is 0. The van der Waals surface area contributed by atoms with Crippen LogP contribution in [0.15, 0.2) is 0 Å². The van der Waals surface area contributed by atoms with Gasteiger partial charge >= 0.3 is 0 Å². The molecule has 2 aliphatic carbocycles. The van der Waals surface area contributed by atoms with Crippen LogP contribution in [0.1, 0.15) is 65.2 Å². The van der Waals surface area contributed by atoms with E-state index in [-0.39, 0.29) is 0 Å². The van der Waals surface area contributed by atoms with Gasteiger partial charge in [-0.1, -0.05) is 33.1 Å². The third-order valence-electron chi connectivity index (χ3n) is 5.21. The van der Waals surface area contributed by atoms with Crippen molar-refractivity contribution in [3.8, 4) is 0 Å². The molecular formula is C16H31N. The van der Waals surface area contributed by atoms with Crippen molar-refractivity contribution in [3.05, 3.63) is 0 Å². The number of rotatable bonds is 3. The van der Waals surface area contributed by atoms with Gasteiger partial charge in [-0.15, -0.1) is 0 Å². The van der Waals surface area contributed by atoms with Crippen LogP contribution in [-0.4, -0.2) is 13.1 Å². The molecule has 0 aromatic heterocycles. The van der Waals surface area contributed by atoms with Gasteiger partial charge in [0.25, 0.3) is 0 Å². The van der Waals surface area contributed by atoms with Crippen LogP contribution in [-0.2, 0) is 0 Å². The van der Waals surface area contributed by atoms with Crippen LogP contribution in [0.3, 0.4) is 0 Å². The van der Waals surface area contributed by atoms with E-state index in [1.807, 2.05) is 0 Å². The van der Waals surface area contributed by atoms with Gasteiger partial charge in [0.1, 0.15) is 0 Å². The van der Waals surface area contributed by atoms with E-state index in [9.17, 15) is 0 Å². The first kappa shape index (κ1) is 13.4. The summed E-state index contributed by atoms with van der Waals surface area (Å²) in [6.45, 7) is 4.91. The molecule has 0 radical (unpaired) electrons. The Bertz CT molecular complexity index is 210. The van der Waals surface area contributed by atoms with E-state index < -0.39 is 0 Å². The lowest BCUT2D eigenvalue weighted by Gasteiger charge is -2.41. The van der Waals surface area contributed by atoms with Gasteiger partial charge in [0.2, 0.25) is 0 Å². The maximum absolute atomic E-state index is 3.68. The minimum Gasteiger partial charge on any atom is -0.316 e. The van der Waals surface area contributed by atoms with E-state index in [0.717, 1.165) is 29.7 Å². The molecule has 2 rings (SSSR count).